The van der Waals surface area contributed by atoms with Crippen molar-refractivity contribution in [2.24, 2.45) is 0 Å². The zero-order chi connectivity index (χ0) is 27.6. The number of aromatic nitrogens is 3. The summed E-state index contributed by atoms with van der Waals surface area (Å²) in [6.45, 7) is 3.01. The van der Waals surface area contributed by atoms with Crippen LogP contribution in [0.25, 0.3) is 28.0 Å². The summed E-state index contributed by atoms with van der Waals surface area (Å²) in [4.78, 5) is 24.0. The van der Waals surface area contributed by atoms with Gasteiger partial charge < -0.3 is 19.1 Å². The van der Waals surface area contributed by atoms with Gasteiger partial charge >= 0.3 is 6.18 Å². The van der Waals surface area contributed by atoms with E-state index in [4.69, 9.17) is 14.2 Å². The van der Waals surface area contributed by atoms with Crippen LogP contribution in [-0.2, 0) is 4.74 Å². The van der Waals surface area contributed by atoms with Crippen molar-refractivity contribution in [3.63, 3.8) is 0 Å². The van der Waals surface area contributed by atoms with Crippen LogP contribution in [0, 0.1) is 0 Å². The van der Waals surface area contributed by atoms with Crippen LogP contribution >= 0.6 is 0 Å². The zero-order valence-electron chi connectivity index (χ0n) is 21.5. The minimum atomic E-state index is -4.44. The Kier molecular flexibility index (Phi) is 7.42. The molecule has 5 rings (SSSR count). The summed E-state index contributed by atoms with van der Waals surface area (Å²) in [5.41, 5.74) is 3.89. The average Bonchev–Trinajstić information content (AvgIpc) is 3.38. The van der Waals surface area contributed by atoms with Crippen LogP contribution in [0.5, 0.6) is 11.5 Å². The number of anilines is 1. The fourth-order valence-electron chi connectivity index (χ4n) is 4.62. The van der Waals surface area contributed by atoms with Gasteiger partial charge in [0.15, 0.2) is 5.78 Å². The third-order valence-electron chi connectivity index (χ3n) is 6.65. The number of hydrogen-bond acceptors (Lipinski definition) is 7. The molecule has 4 heterocycles. The Morgan fingerprint density at radius 1 is 0.949 bits per heavy atom. The first-order valence-corrected chi connectivity index (χ1v) is 12.4. The maximum atomic E-state index is 12.7. The fourth-order valence-corrected chi connectivity index (χ4v) is 4.62. The van der Waals surface area contributed by atoms with E-state index in [1.54, 1.807) is 18.3 Å². The Hall–Kier alpha value is -4.12. The van der Waals surface area contributed by atoms with E-state index in [0.29, 0.717) is 30.1 Å². The standard InChI is InChI=1S/C28H27F3N4O4/c1-37-23-13-20(14-24(38-2)27(23)22(36)5-7-28(29,30)31)21-17-33-26-15-18(6-8-35(21)26)19-3-4-25(32-16-19)34-9-11-39-12-10-34/h3-4,6,8,13-17H,5,7,9-12H2,1-2H3. The summed E-state index contributed by atoms with van der Waals surface area (Å²) >= 11 is 0. The molecule has 0 amide bonds. The third kappa shape index (κ3) is 5.68. The zero-order valence-corrected chi connectivity index (χ0v) is 21.5. The topological polar surface area (TPSA) is 78.2 Å². The average molecular weight is 541 g/mol. The van der Waals surface area contributed by atoms with Crippen molar-refractivity contribution in [3.05, 3.63) is 60.6 Å². The Balaban J connectivity index is 1.44. The molecule has 0 spiro atoms. The lowest BCUT2D eigenvalue weighted by atomic mass is 10.0. The second-order valence-corrected chi connectivity index (χ2v) is 9.09. The van der Waals surface area contributed by atoms with Gasteiger partial charge in [0.25, 0.3) is 0 Å². The summed E-state index contributed by atoms with van der Waals surface area (Å²) in [5, 5.41) is 0. The normalized spacial score (nSPS) is 14.0. The van der Waals surface area contributed by atoms with Gasteiger partial charge in [-0.3, -0.25) is 9.20 Å². The number of rotatable bonds is 8. The van der Waals surface area contributed by atoms with Gasteiger partial charge in [-0.15, -0.1) is 0 Å². The molecule has 0 unspecified atom stereocenters. The number of benzene rings is 1. The van der Waals surface area contributed by atoms with Gasteiger partial charge in [0.1, 0.15) is 28.5 Å². The number of Topliss-reactive ketones (excluding diaryl/α,β-unsaturated/α-hetero) is 1. The Bertz CT molecular complexity index is 1450. The molecule has 0 saturated carbocycles. The number of carbonyl (C=O) groups is 1. The van der Waals surface area contributed by atoms with Gasteiger partial charge in [-0.05, 0) is 42.0 Å². The van der Waals surface area contributed by atoms with Crippen LogP contribution in [0.15, 0.2) is 55.0 Å². The monoisotopic (exact) mass is 540 g/mol. The molecule has 11 heteroatoms. The van der Waals surface area contributed by atoms with E-state index in [-0.39, 0.29) is 17.1 Å². The maximum absolute atomic E-state index is 12.7. The highest BCUT2D eigenvalue weighted by atomic mass is 19.4. The van der Waals surface area contributed by atoms with E-state index in [2.05, 4.69) is 14.9 Å². The largest absolute Gasteiger partial charge is 0.496 e. The summed E-state index contributed by atoms with van der Waals surface area (Å²) in [7, 11) is 2.72. The fraction of sp³-hybridized carbons (Fsp3) is 0.321. The lowest BCUT2D eigenvalue weighted by Gasteiger charge is -2.27. The molecule has 0 atom stereocenters. The first-order valence-electron chi connectivity index (χ1n) is 12.4. The van der Waals surface area contributed by atoms with E-state index in [1.165, 1.54) is 14.2 Å². The molecule has 0 radical (unpaired) electrons. The van der Waals surface area contributed by atoms with Crippen molar-refractivity contribution in [1.82, 2.24) is 14.4 Å². The summed E-state index contributed by atoms with van der Waals surface area (Å²) in [6.07, 6.45) is -0.962. The number of hydrogen-bond donors (Lipinski definition) is 0. The second-order valence-electron chi connectivity index (χ2n) is 9.09. The smallest absolute Gasteiger partial charge is 0.389 e. The third-order valence-corrected chi connectivity index (χ3v) is 6.65. The van der Waals surface area contributed by atoms with E-state index >= 15 is 0 Å². The molecule has 39 heavy (non-hydrogen) atoms. The highest BCUT2D eigenvalue weighted by molar-refractivity contribution is 6.02. The SMILES string of the molecule is COc1cc(-c2cnc3cc(-c4ccc(N5CCOCC5)nc4)ccn23)cc(OC)c1C(=O)CCC(F)(F)F. The molecule has 8 nitrogen and oxygen atoms in total. The van der Waals surface area contributed by atoms with Crippen molar-refractivity contribution in [2.45, 2.75) is 19.0 Å². The van der Waals surface area contributed by atoms with Crippen LogP contribution in [0.2, 0.25) is 0 Å². The number of pyridine rings is 2. The number of nitrogens with zero attached hydrogens (tertiary/aromatic N) is 4. The van der Waals surface area contributed by atoms with Crippen LogP contribution in [0.1, 0.15) is 23.2 Å². The molecule has 1 saturated heterocycles. The van der Waals surface area contributed by atoms with Crippen molar-refractivity contribution in [3.8, 4) is 33.9 Å². The molecule has 0 aliphatic carbocycles. The van der Waals surface area contributed by atoms with Crippen molar-refractivity contribution < 1.29 is 32.2 Å². The van der Waals surface area contributed by atoms with Crippen LogP contribution in [0.3, 0.4) is 0 Å². The van der Waals surface area contributed by atoms with Gasteiger partial charge in [-0.2, -0.15) is 13.2 Å². The number of ketones is 1. The molecular weight excluding hydrogens is 513 g/mol. The van der Waals surface area contributed by atoms with Crippen molar-refractivity contribution in [1.29, 1.82) is 0 Å². The van der Waals surface area contributed by atoms with Gasteiger partial charge in [0, 0.05) is 43.0 Å². The Morgan fingerprint density at radius 3 is 2.28 bits per heavy atom. The summed E-state index contributed by atoms with van der Waals surface area (Å²) < 4.78 is 56.1. The van der Waals surface area contributed by atoms with Crippen LogP contribution in [0.4, 0.5) is 19.0 Å². The first-order chi connectivity index (χ1) is 18.8. The van der Waals surface area contributed by atoms with Crippen LogP contribution < -0.4 is 14.4 Å². The molecule has 1 aromatic carbocycles. The van der Waals surface area contributed by atoms with E-state index < -0.39 is 24.8 Å². The summed E-state index contributed by atoms with van der Waals surface area (Å²) in [5.74, 6) is 0.474. The molecular formula is C28H27F3N4O4. The minimum Gasteiger partial charge on any atom is -0.496 e. The predicted octanol–water partition coefficient (Wildman–Crippen LogP) is 5.44. The maximum Gasteiger partial charge on any atom is 0.389 e. The van der Waals surface area contributed by atoms with E-state index in [1.807, 2.05) is 41.1 Å². The number of carbonyl (C=O) groups excluding carboxylic acids is 1. The molecule has 3 aromatic heterocycles. The van der Waals surface area contributed by atoms with Gasteiger partial charge in [-0.1, -0.05) is 0 Å². The predicted molar refractivity (Wildman–Crippen MR) is 140 cm³/mol. The molecule has 204 valence electrons. The molecule has 4 aromatic rings. The summed E-state index contributed by atoms with van der Waals surface area (Å²) in [6, 6.07) is 11.1. The number of fused-ring (bicyclic) bond motifs is 1. The minimum absolute atomic E-state index is 0.0165. The highest BCUT2D eigenvalue weighted by Gasteiger charge is 2.30. The quantitative estimate of drug-likeness (QED) is 0.275. The molecule has 1 aliphatic rings. The highest BCUT2D eigenvalue weighted by Crippen LogP contribution is 2.37. The Morgan fingerprint density at radius 2 is 1.67 bits per heavy atom. The molecule has 1 fully saturated rings. The number of halogens is 3. The number of methoxy groups -OCH3 is 2. The van der Waals surface area contributed by atoms with E-state index in [0.717, 1.165) is 30.0 Å². The number of morpholine rings is 1. The lowest BCUT2D eigenvalue weighted by Crippen LogP contribution is -2.36. The molecule has 1 aliphatic heterocycles. The van der Waals surface area contributed by atoms with Gasteiger partial charge in [-0.25, -0.2) is 9.97 Å². The number of alkyl halides is 3. The number of ether oxygens (including phenoxy) is 3. The Labute approximate surface area is 223 Å². The first kappa shape index (κ1) is 26.5. The van der Waals surface area contributed by atoms with Crippen molar-refractivity contribution >= 4 is 17.2 Å². The number of imidazole rings is 1. The lowest BCUT2D eigenvalue weighted by molar-refractivity contribution is -0.133. The van der Waals surface area contributed by atoms with Crippen LogP contribution in [-0.4, -0.2) is 66.9 Å². The second kappa shape index (κ2) is 10.9. The van der Waals surface area contributed by atoms with Crippen molar-refractivity contribution in [2.75, 3.05) is 45.4 Å². The molecule has 0 bridgehead atoms. The van der Waals surface area contributed by atoms with Gasteiger partial charge in [0.2, 0.25) is 0 Å². The van der Waals surface area contributed by atoms with E-state index in [9.17, 15) is 18.0 Å². The van der Waals surface area contributed by atoms with Gasteiger partial charge in [0.05, 0.1) is 45.7 Å². The molecule has 0 N–H and O–H groups in total.